The first kappa shape index (κ1) is 34.2. The van der Waals surface area contributed by atoms with Gasteiger partial charge < -0.3 is 25.6 Å². The van der Waals surface area contributed by atoms with Crippen LogP contribution in [0.5, 0.6) is 0 Å². The van der Waals surface area contributed by atoms with Crippen molar-refractivity contribution in [2.45, 2.75) is 103 Å². The zero-order valence-electron chi connectivity index (χ0n) is 25.8. The van der Waals surface area contributed by atoms with E-state index < -0.39 is 78.0 Å². The predicted molar refractivity (Wildman–Crippen MR) is 156 cm³/mol. The molecule has 1 saturated heterocycles. The molecule has 1 heterocycles. The largest absolute Gasteiger partial charge is 0.444 e. The number of likely N-dealkylation sites (tertiary alicyclic amines) is 1. The maximum atomic E-state index is 14.2. The molecule has 240 valence electrons. The second kappa shape index (κ2) is 13.1. The maximum Gasteiger partial charge on any atom is 0.408 e. The topological polar surface area (TPSA) is 134 Å². The van der Waals surface area contributed by atoms with Gasteiger partial charge in [0, 0.05) is 25.9 Å². The summed E-state index contributed by atoms with van der Waals surface area (Å²) in [5.41, 5.74) is -1.12. The van der Waals surface area contributed by atoms with Gasteiger partial charge in [0.25, 0.3) is 5.91 Å². The number of nitrogens with zero attached hydrogens (tertiary/aromatic N) is 1. The van der Waals surface area contributed by atoms with E-state index >= 15 is 0 Å². The van der Waals surface area contributed by atoms with Crippen molar-refractivity contribution < 1.29 is 37.5 Å². The van der Waals surface area contributed by atoms with Gasteiger partial charge in [0.2, 0.25) is 23.5 Å². The molecule has 1 aliphatic heterocycles. The van der Waals surface area contributed by atoms with E-state index in [1.54, 1.807) is 26.8 Å². The number of hydrogen-bond acceptors (Lipinski definition) is 6. The molecule has 5 atom stereocenters. The SMILES string of the molecule is C=CCCC(NC(=O)[C@@H]1[C@H]2[C@@H](CN1C(=O)[C@@H](NC(=O)OC(C)(C)C)C1CCC(F)(F)CC1)C2(C)C)C(=O)C(=O)NCC=C. The van der Waals surface area contributed by atoms with Crippen LogP contribution in [0.25, 0.3) is 0 Å². The van der Waals surface area contributed by atoms with E-state index in [1.807, 2.05) is 13.8 Å². The normalized spacial score (nSPS) is 25.4. The van der Waals surface area contributed by atoms with Crippen molar-refractivity contribution in [3.63, 3.8) is 0 Å². The molecule has 0 aromatic rings. The number of ether oxygens (including phenoxy) is 1. The van der Waals surface area contributed by atoms with Crippen LogP contribution in [0, 0.1) is 23.2 Å². The third kappa shape index (κ3) is 8.20. The second-order valence-corrected chi connectivity index (χ2v) is 13.5. The van der Waals surface area contributed by atoms with Gasteiger partial charge in [-0.15, -0.1) is 13.2 Å². The van der Waals surface area contributed by atoms with Gasteiger partial charge in [-0.1, -0.05) is 26.0 Å². The van der Waals surface area contributed by atoms with Crippen LogP contribution >= 0.6 is 0 Å². The predicted octanol–water partition coefficient (Wildman–Crippen LogP) is 3.51. The molecular weight excluding hydrogens is 562 g/mol. The number of alkyl halides is 2. The van der Waals surface area contributed by atoms with Crippen LogP contribution in [0.3, 0.4) is 0 Å². The Bertz CT molecular complexity index is 1120. The van der Waals surface area contributed by atoms with E-state index in [4.69, 9.17) is 4.74 Å². The Kier molecular flexibility index (Phi) is 10.4. The average Bonchev–Trinajstić information content (AvgIpc) is 3.22. The lowest BCUT2D eigenvalue weighted by molar-refractivity contribution is -0.145. The summed E-state index contributed by atoms with van der Waals surface area (Å²) in [5.74, 6) is -6.49. The van der Waals surface area contributed by atoms with Crippen LogP contribution < -0.4 is 16.0 Å². The molecule has 3 aliphatic rings. The summed E-state index contributed by atoms with van der Waals surface area (Å²) in [4.78, 5) is 67.6. The number of carbonyl (C=O) groups excluding carboxylic acids is 5. The van der Waals surface area contributed by atoms with Gasteiger partial charge in [-0.2, -0.15) is 0 Å². The molecule has 0 aromatic heterocycles. The molecule has 3 N–H and O–H groups in total. The highest BCUT2D eigenvalue weighted by atomic mass is 19.3. The number of allylic oxidation sites excluding steroid dienone is 1. The Morgan fingerprint density at radius 3 is 2.23 bits per heavy atom. The number of fused-ring (bicyclic) bond motifs is 1. The van der Waals surface area contributed by atoms with Crippen molar-refractivity contribution in [1.82, 2.24) is 20.9 Å². The number of alkyl carbamates (subject to hydrolysis) is 1. The summed E-state index contributed by atoms with van der Waals surface area (Å²) in [6.45, 7) is 16.5. The highest BCUT2D eigenvalue weighted by Crippen LogP contribution is 2.65. The average molecular weight is 609 g/mol. The zero-order chi connectivity index (χ0) is 32.3. The fourth-order valence-corrected chi connectivity index (χ4v) is 6.42. The maximum absolute atomic E-state index is 14.2. The molecule has 4 amide bonds. The molecule has 1 unspecified atom stereocenters. The van der Waals surface area contributed by atoms with E-state index in [-0.39, 0.29) is 49.6 Å². The van der Waals surface area contributed by atoms with Crippen molar-refractivity contribution in [3.8, 4) is 0 Å². The number of nitrogens with one attached hydrogen (secondary N) is 3. The van der Waals surface area contributed by atoms with Crippen LogP contribution in [0.15, 0.2) is 25.3 Å². The summed E-state index contributed by atoms with van der Waals surface area (Å²) in [6, 6.07) is -3.30. The zero-order valence-corrected chi connectivity index (χ0v) is 25.8. The van der Waals surface area contributed by atoms with Crippen LogP contribution in [-0.2, 0) is 23.9 Å². The van der Waals surface area contributed by atoms with Crippen molar-refractivity contribution >= 4 is 29.6 Å². The Hall–Kier alpha value is -3.31. The first-order valence-electron chi connectivity index (χ1n) is 15.0. The molecule has 10 nitrogen and oxygen atoms in total. The third-order valence-corrected chi connectivity index (χ3v) is 8.85. The van der Waals surface area contributed by atoms with E-state index in [0.29, 0.717) is 6.42 Å². The van der Waals surface area contributed by atoms with Gasteiger partial charge in [0.1, 0.15) is 17.7 Å². The van der Waals surface area contributed by atoms with E-state index in [1.165, 1.54) is 11.0 Å². The quantitative estimate of drug-likeness (QED) is 0.229. The van der Waals surface area contributed by atoms with Crippen molar-refractivity contribution in [3.05, 3.63) is 25.3 Å². The van der Waals surface area contributed by atoms with Gasteiger partial charge >= 0.3 is 6.09 Å². The summed E-state index contributed by atoms with van der Waals surface area (Å²) in [6.07, 6.45) is 1.82. The number of amides is 4. The van der Waals surface area contributed by atoms with Gasteiger partial charge in [-0.05, 0) is 69.6 Å². The third-order valence-electron chi connectivity index (χ3n) is 8.85. The molecule has 0 bridgehead atoms. The number of Topliss-reactive ketones (excluding diaryl/α,β-unsaturated/α-hetero) is 1. The lowest BCUT2D eigenvalue weighted by Gasteiger charge is -2.38. The molecule has 0 spiro atoms. The summed E-state index contributed by atoms with van der Waals surface area (Å²) in [5, 5.41) is 7.75. The molecule has 2 saturated carbocycles. The van der Waals surface area contributed by atoms with Crippen molar-refractivity contribution in [1.29, 1.82) is 0 Å². The first-order valence-corrected chi connectivity index (χ1v) is 15.0. The minimum Gasteiger partial charge on any atom is -0.444 e. The first-order chi connectivity index (χ1) is 19.9. The van der Waals surface area contributed by atoms with E-state index in [9.17, 15) is 32.8 Å². The van der Waals surface area contributed by atoms with Crippen LogP contribution in [0.4, 0.5) is 13.6 Å². The summed E-state index contributed by atoms with van der Waals surface area (Å²) in [7, 11) is 0. The highest BCUT2D eigenvalue weighted by molar-refractivity contribution is 6.38. The number of hydrogen-bond donors (Lipinski definition) is 3. The molecule has 0 radical (unpaired) electrons. The standard InChI is InChI=1S/C31H46F2N4O6/c1-8-10-11-20(24(38)26(40)34-16-9-2)35-25(39)23-21-19(30(21,6)7)17-37(23)27(41)22(36-28(42)43-29(3,4)5)18-12-14-31(32,33)15-13-18/h8-9,18-23H,1-2,10-17H2,3-7H3,(H,34,40)(H,35,39)(H,36,42)/t19-,20?,21-,22+,23+/m1/s1. The second-order valence-electron chi connectivity index (χ2n) is 13.5. The lowest BCUT2D eigenvalue weighted by atomic mass is 9.81. The Balaban J connectivity index is 1.87. The number of ketones is 1. The molecule has 43 heavy (non-hydrogen) atoms. The van der Waals surface area contributed by atoms with Crippen LogP contribution in [0.1, 0.15) is 73.1 Å². The molecule has 12 heteroatoms. The van der Waals surface area contributed by atoms with Crippen molar-refractivity contribution in [2.24, 2.45) is 23.2 Å². The van der Waals surface area contributed by atoms with E-state index in [0.717, 1.165) is 0 Å². The number of rotatable bonds is 12. The summed E-state index contributed by atoms with van der Waals surface area (Å²) >= 11 is 0. The molecule has 0 aromatic carbocycles. The Morgan fingerprint density at radius 1 is 1.05 bits per heavy atom. The minimum absolute atomic E-state index is 0.0108. The Labute approximate surface area is 252 Å². The van der Waals surface area contributed by atoms with Gasteiger partial charge in [-0.25, -0.2) is 13.6 Å². The van der Waals surface area contributed by atoms with Gasteiger partial charge in [0.15, 0.2) is 0 Å². The minimum atomic E-state index is -2.84. The lowest BCUT2D eigenvalue weighted by Crippen LogP contribution is -2.60. The molecule has 3 rings (SSSR count). The van der Waals surface area contributed by atoms with Crippen LogP contribution in [-0.4, -0.2) is 77.2 Å². The number of halogens is 2. The number of piperidine rings is 1. The van der Waals surface area contributed by atoms with Gasteiger partial charge in [0.05, 0.1) is 6.04 Å². The van der Waals surface area contributed by atoms with Crippen LogP contribution in [0.2, 0.25) is 0 Å². The monoisotopic (exact) mass is 608 g/mol. The molecular formula is C31H46F2N4O6. The van der Waals surface area contributed by atoms with Crippen molar-refractivity contribution in [2.75, 3.05) is 13.1 Å². The fraction of sp³-hybridized carbons (Fsp3) is 0.710. The summed E-state index contributed by atoms with van der Waals surface area (Å²) < 4.78 is 33.4. The fourth-order valence-electron chi connectivity index (χ4n) is 6.42. The highest BCUT2D eigenvalue weighted by Gasteiger charge is 2.69. The number of carbonyl (C=O) groups is 5. The molecule has 3 fully saturated rings. The Morgan fingerprint density at radius 2 is 1.67 bits per heavy atom. The smallest absolute Gasteiger partial charge is 0.408 e. The van der Waals surface area contributed by atoms with Gasteiger partial charge in [-0.3, -0.25) is 19.2 Å². The van der Waals surface area contributed by atoms with E-state index in [2.05, 4.69) is 29.1 Å². The molecule has 2 aliphatic carbocycles.